The number of aromatic nitrogens is 2. The van der Waals surface area contributed by atoms with Crippen molar-refractivity contribution in [3.63, 3.8) is 0 Å². The highest BCUT2D eigenvalue weighted by atomic mass is 19.1. The molecule has 6 nitrogen and oxygen atoms in total. The minimum Gasteiger partial charge on any atom is -0.384 e. The highest BCUT2D eigenvalue weighted by Crippen LogP contribution is 2.37. The van der Waals surface area contributed by atoms with Gasteiger partial charge in [-0.25, -0.2) is 9.37 Å². The molecule has 1 aliphatic rings. The van der Waals surface area contributed by atoms with Crippen molar-refractivity contribution in [1.29, 1.82) is 0 Å². The van der Waals surface area contributed by atoms with Crippen molar-refractivity contribution in [2.75, 3.05) is 32.0 Å². The molecule has 0 saturated carbocycles. The summed E-state index contributed by atoms with van der Waals surface area (Å²) < 4.78 is 20.4. The van der Waals surface area contributed by atoms with Crippen molar-refractivity contribution in [3.05, 3.63) is 65.4 Å². The van der Waals surface area contributed by atoms with Crippen LogP contribution >= 0.6 is 0 Å². The number of morpholine rings is 1. The summed E-state index contributed by atoms with van der Waals surface area (Å²) in [4.78, 5) is 23.5. The van der Waals surface area contributed by atoms with E-state index in [0.29, 0.717) is 50.5 Å². The molecule has 0 atom stereocenters. The zero-order chi connectivity index (χ0) is 22.7. The molecule has 2 N–H and O–H groups in total. The molecule has 0 aliphatic carbocycles. The summed E-state index contributed by atoms with van der Waals surface area (Å²) in [5, 5.41) is 0. The number of benzene rings is 1. The van der Waals surface area contributed by atoms with Crippen LogP contribution in [0.5, 0.6) is 0 Å². The summed E-state index contributed by atoms with van der Waals surface area (Å²) in [6, 6.07) is 10.4. The third kappa shape index (κ3) is 4.21. The number of ether oxygens (including phenoxy) is 1. The van der Waals surface area contributed by atoms with Crippen molar-refractivity contribution in [1.82, 2.24) is 14.9 Å². The molecule has 4 rings (SSSR count). The van der Waals surface area contributed by atoms with E-state index in [2.05, 4.69) is 9.97 Å². The van der Waals surface area contributed by atoms with Gasteiger partial charge in [0.25, 0.3) is 5.91 Å². The maximum Gasteiger partial charge on any atom is 0.256 e. The van der Waals surface area contributed by atoms with Crippen LogP contribution in [0.1, 0.15) is 35.6 Å². The second-order valence-electron chi connectivity index (χ2n) is 7.72. The highest BCUT2D eigenvalue weighted by Gasteiger charge is 2.23. The monoisotopic (exact) mass is 434 g/mol. The molecular formula is C25H27FN4O2. The molecule has 166 valence electrons. The van der Waals surface area contributed by atoms with E-state index in [1.54, 1.807) is 29.3 Å². The fourth-order valence-corrected chi connectivity index (χ4v) is 4.12. The number of nitrogens with zero attached hydrogens (tertiary/aromatic N) is 3. The Morgan fingerprint density at radius 1 is 1.06 bits per heavy atom. The second kappa shape index (κ2) is 9.44. The molecule has 1 saturated heterocycles. The number of hydrogen-bond donors (Lipinski definition) is 1. The summed E-state index contributed by atoms with van der Waals surface area (Å²) in [6.07, 6.45) is 3.16. The van der Waals surface area contributed by atoms with E-state index in [4.69, 9.17) is 10.5 Å². The van der Waals surface area contributed by atoms with Gasteiger partial charge in [-0.05, 0) is 54.3 Å². The first kappa shape index (κ1) is 21.9. The Morgan fingerprint density at radius 3 is 2.50 bits per heavy atom. The topological polar surface area (TPSA) is 81.3 Å². The lowest BCUT2D eigenvalue weighted by Gasteiger charge is -2.27. The molecule has 1 amide bonds. The van der Waals surface area contributed by atoms with Crippen molar-refractivity contribution in [2.24, 2.45) is 0 Å². The molecule has 3 aromatic rings. The Balaban J connectivity index is 1.79. The molecular weight excluding hydrogens is 407 g/mol. The van der Waals surface area contributed by atoms with Crippen molar-refractivity contribution < 1.29 is 13.9 Å². The fraction of sp³-hybridized carbons (Fsp3) is 0.320. The van der Waals surface area contributed by atoms with Gasteiger partial charge in [-0.15, -0.1) is 0 Å². The largest absolute Gasteiger partial charge is 0.384 e. The first-order chi connectivity index (χ1) is 15.5. The lowest BCUT2D eigenvalue weighted by Crippen LogP contribution is -2.41. The SMILES string of the molecule is CCc1nc(N)ccc1-c1c(-c2ccc(C(=O)N3CCOCC3)c(F)c2)ccnc1CC. The van der Waals surface area contributed by atoms with Crippen LogP contribution in [0.3, 0.4) is 0 Å². The first-order valence-corrected chi connectivity index (χ1v) is 10.9. The van der Waals surface area contributed by atoms with Crippen LogP contribution in [-0.4, -0.2) is 47.1 Å². The van der Waals surface area contributed by atoms with Gasteiger partial charge in [-0.1, -0.05) is 19.9 Å². The van der Waals surface area contributed by atoms with Gasteiger partial charge < -0.3 is 15.4 Å². The number of anilines is 1. The number of pyridine rings is 2. The average Bonchev–Trinajstić information content (AvgIpc) is 2.83. The van der Waals surface area contributed by atoms with Gasteiger partial charge in [0.05, 0.1) is 24.5 Å². The van der Waals surface area contributed by atoms with Crippen LogP contribution < -0.4 is 5.73 Å². The number of halogens is 1. The molecule has 0 spiro atoms. The Morgan fingerprint density at radius 2 is 1.81 bits per heavy atom. The van der Waals surface area contributed by atoms with E-state index < -0.39 is 5.82 Å². The van der Waals surface area contributed by atoms with Gasteiger partial charge in [0, 0.05) is 36.1 Å². The zero-order valence-electron chi connectivity index (χ0n) is 18.4. The molecule has 7 heteroatoms. The standard InChI is InChI=1S/C25H27FN4O2/c1-3-21-19(7-8-23(27)29-21)24-17(9-10-28-22(24)4-2)16-5-6-18(20(26)15-16)25(31)30-11-13-32-14-12-30/h5-10,15H,3-4,11-14H2,1-2H3,(H2,27,29). The van der Waals surface area contributed by atoms with Crippen LogP contribution in [0, 0.1) is 5.82 Å². The molecule has 3 heterocycles. The third-order valence-electron chi connectivity index (χ3n) is 5.77. The maximum atomic E-state index is 15.1. The summed E-state index contributed by atoms with van der Waals surface area (Å²) >= 11 is 0. The first-order valence-electron chi connectivity index (χ1n) is 10.9. The van der Waals surface area contributed by atoms with Crippen molar-refractivity contribution in [2.45, 2.75) is 26.7 Å². The van der Waals surface area contributed by atoms with Crippen molar-refractivity contribution in [3.8, 4) is 22.3 Å². The van der Waals surface area contributed by atoms with E-state index in [1.807, 2.05) is 26.0 Å². The van der Waals surface area contributed by atoms with Crippen LogP contribution in [0.2, 0.25) is 0 Å². The lowest BCUT2D eigenvalue weighted by atomic mass is 9.91. The number of aryl methyl sites for hydroxylation is 2. The van der Waals surface area contributed by atoms with Gasteiger partial charge in [0.2, 0.25) is 0 Å². The molecule has 0 radical (unpaired) electrons. The highest BCUT2D eigenvalue weighted by molar-refractivity contribution is 5.95. The molecule has 1 aliphatic heterocycles. The smallest absolute Gasteiger partial charge is 0.256 e. The zero-order valence-corrected chi connectivity index (χ0v) is 18.4. The van der Waals surface area contributed by atoms with Gasteiger partial charge in [-0.3, -0.25) is 9.78 Å². The number of amides is 1. The summed E-state index contributed by atoms with van der Waals surface area (Å²) in [7, 11) is 0. The molecule has 1 aromatic carbocycles. The molecule has 32 heavy (non-hydrogen) atoms. The van der Waals surface area contributed by atoms with Crippen molar-refractivity contribution >= 4 is 11.7 Å². The number of nitrogens with two attached hydrogens (primary N) is 1. The minimum atomic E-state index is -0.536. The summed E-state index contributed by atoms with van der Waals surface area (Å²) in [6.45, 7) is 5.95. The quantitative estimate of drug-likeness (QED) is 0.653. The number of carbonyl (C=O) groups is 1. The molecule has 0 bridgehead atoms. The third-order valence-corrected chi connectivity index (χ3v) is 5.77. The van der Waals surface area contributed by atoms with Gasteiger partial charge >= 0.3 is 0 Å². The second-order valence-corrected chi connectivity index (χ2v) is 7.72. The predicted molar refractivity (Wildman–Crippen MR) is 123 cm³/mol. The lowest BCUT2D eigenvalue weighted by molar-refractivity contribution is 0.0300. The van der Waals surface area contributed by atoms with Crippen LogP contribution in [0.15, 0.2) is 42.6 Å². The maximum absolute atomic E-state index is 15.1. The van der Waals surface area contributed by atoms with Crippen LogP contribution in [0.25, 0.3) is 22.3 Å². The minimum absolute atomic E-state index is 0.0744. The average molecular weight is 435 g/mol. The van der Waals surface area contributed by atoms with Gasteiger partial charge in [0.15, 0.2) is 0 Å². The van der Waals surface area contributed by atoms with E-state index in [9.17, 15) is 4.79 Å². The molecule has 2 aromatic heterocycles. The van der Waals surface area contributed by atoms with E-state index in [-0.39, 0.29) is 11.5 Å². The Hall–Kier alpha value is -3.32. The summed E-state index contributed by atoms with van der Waals surface area (Å²) in [5.41, 5.74) is 11.2. The number of carbonyl (C=O) groups excluding carboxylic acids is 1. The number of nitrogen functional groups attached to an aromatic ring is 1. The molecule has 1 fully saturated rings. The van der Waals surface area contributed by atoms with E-state index in [0.717, 1.165) is 28.1 Å². The van der Waals surface area contributed by atoms with Crippen LogP contribution in [-0.2, 0) is 17.6 Å². The van der Waals surface area contributed by atoms with E-state index in [1.165, 1.54) is 6.07 Å². The Labute approximate surface area is 187 Å². The normalized spacial score (nSPS) is 13.9. The Bertz CT molecular complexity index is 1140. The van der Waals surface area contributed by atoms with E-state index >= 15 is 4.39 Å². The number of hydrogen-bond acceptors (Lipinski definition) is 5. The predicted octanol–water partition coefficient (Wildman–Crippen LogP) is 4.13. The number of rotatable bonds is 5. The Kier molecular flexibility index (Phi) is 6.46. The van der Waals surface area contributed by atoms with Gasteiger partial charge in [-0.2, -0.15) is 0 Å². The van der Waals surface area contributed by atoms with Crippen LogP contribution in [0.4, 0.5) is 10.2 Å². The van der Waals surface area contributed by atoms with Gasteiger partial charge in [0.1, 0.15) is 11.6 Å². The fourth-order valence-electron chi connectivity index (χ4n) is 4.12. The summed E-state index contributed by atoms with van der Waals surface area (Å²) in [5.74, 6) is -0.380. The molecule has 0 unspecified atom stereocenters.